The van der Waals surface area contributed by atoms with Gasteiger partial charge in [-0.05, 0) is 6.92 Å². The van der Waals surface area contributed by atoms with Crippen LogP contribution >= 0.6 is 0 Å². The molecule has 0 atom stereocenters. The van der Waals surface area contributed by atoms with Crippen molar-refractivity contribution in [2.75, 3.05) is 31.1 Å². The topological polar surface area (TPSA) is 170 Å². The Kier molecular flexibility index (Phi) is 7.65. The van der Waals surface area contributed by atoms with Crippen LogP contribution < -0.4 is 27.2 Å². The van der Waals surface area contributed by atoms with Crippen LogP contribution in [-0.2, 0) is 18.4 Å². The molecule has 2 aromatic rings. The smallest absolute Gasteiger partial charge is 0.475 e. The van der Waals surface area contributed by atoms with Crippen molar-refractivity contribution in [1.82, 2.24) is 24.4 Å². The van der Waals surface area contributed by atoms with Gasteiger partial charge in [0, 0.05) is 33.2 Å². The van der Waals surface area contributed by atoms with E-state index in [2.05, 4.69) is 37.0 Å². The van der Waals surface area contributed by atoms with Gasteiger partial charge in [0.25, 0.3) is 5.56 Å². The van der Waals surface area contributed by atoms with Crippen LogP contribution in [0.1, 0.15) is 6.92 Å². The highest BCUT2D eigenvalue weighted by Gasteiger charge is 2.38. The van der Waals surface area contributed by atoms with Gasteiger partial charge in [-0.25, -0.2) is 4.79 Å². The van der Waals surface area contributed by atoms with Gasteiger partial charge >= 0.3 is 12.1 Å². The van der Waals surface area contributed by atoms with Gasteiger partial charge in [-0.2, -0.15) is 28.1 Å². The largest absolute Gasteiger partial charge is 0.490 e. The van der Waals surface area contributed by atoms with Crippen molar-refractivity contribution in [1.29, 1.82) is 0 Å². The second kappa shape index (κ2) is 10.0. The minimum atomic E-state index is -5.08. The molecule has 0 aromatic carbocycles. The zero-order valence-electron chi connectivity index (χ0n) is 17.3. The van der Waals surface area contributed by atoms with E-state index in [0.29, 0.717) is 23.7 Å². The third-order valence-corrected chi connectivity index (χ3v) is 4.23. The first kappa shape index (κ1) is 24.5. The summed E-state index contributed by atoms with van der Waals surface area (Å²) < 4.78 is 34.9. The minimum absolute atomic E-state index is 0.121. The summed E-state index contributed by atoms with van der Waals surface area (Å²) in [5.41, 5.74) is 11.3. The monoisotopic (exact) mass is 457 g/mol. The summed E-state index contributed by atoms with van der Waals surface area (Å²) >= 11 is 0. The van der Waals surface area contributed by atoms with E-state index in [0.717, 1.165) is 26.2 Å². The molecule has 0 aliphatic carbocycles. The molecule has 0 bridgehead atoms. The standard InChI is InChI=1S/C15H21N9O.C2HF3O2/c1-3-4-7-24-10-11(20-15(24)23-8-5-18-6-9-23)19-14(21-13(16)17)22(2)12(10)25;3-2(4,5)1(6)7/h18H,5-9H2,1-2H3,(H4,16,17,19,21);(H,6,7). The summed E-state index contributed by atoms with van der Waals surface area (Å²) in [5, 5.41) is 10.4. The molecule has 0 saturated carbocycles. The maximum atomic E-state index is 12.8. The summed E-state index contributed by atoms with van der Waals surface area (Å²) in [6, 6.07) is 0. The van der Waals surface area contributed by atoms with E-state index in [1.165, 1.54) is 4.57 Å². The molecule has 0 unspecified atom stereocenters. The fourth-order valence-corrected chi connectivity index (χ4v) is 2.77. The molecule has 174 valence electrons. The molecule has 0 amide bonds. The number of piperazine rings is 1. The number of anilines is 1. The third-order valence-electron chi connectivity index (χ3n) is 4.23. The number of rotatable bonds is 3. The van der Waals surface area contributed by atoms with Crippen LogP contribution in [0.5, 0.6) is 0 Å². The number of guanidine groups is 1. The SMILES string of the molecule is CC#CCn1c(N2CCNCC2)nc2nc(N=C(N)N)n(C)c(=O)c21.O=C(O)C(F)(F)F. The van der Waals surface area contributed by atoms with Gasteiger partial charge in [0.05, 0.1) is 6.54 Å². The quantitative estimate of drug-likeness (QED) is 0.259. The number of carbonyl (C=O) groups is 1. The Morgan fingerprint density at radius 2 is 1.88 bits per heavy atom. The van der Waals surface area contributed by atoms with Crippen molar-refractivity contribution >= 4 is 35.0 Å². The number of alkyl halides is 3. The molecule has 3 rings (SSSR count). The van der Waals surface area contributed by atoms with Crippen molar-refractivity contribution < 1.29 is 23.1 Å². The molecule has 0 radical (unpaired) electrons. The third kappa shape index (κ3) is 5.66. The normalized spacial score (nSPS) is 13.6. The van der Waals surface area contributed by atoms with Crippen molar-refractivity contribution in [3.05, 3.63) is 10.4 Å². The predicted octanol–water partition coefficient (Wildman–Crippen LogP) is -0.899. The maximum absolute atomic E-state index is 12.8. The van der Waals surface area contributed by atoms with Crippen LogP contribution in [0.4, 0.5) is 25.1 Å². The lowest BCUT2D eigenvalue weighted by Crippen LogP contribution is -2.44. The molecule has 1 saturated heterocycles. The molecule has 12 nitrogen and oxygen atoms in total. The highest BCUT2D eigenvalue weighted by atomic mass is 19.4. The molecule has 32 heavy (non-hydrogen) atoms. The van der Waals surface area contributed by atoms with Crippen molar-refractivity contribution in [3.8, 4) is 11.8 Å². The number of nitrogens with one attached hydrogen (secondary N) is 1. The number of nitrogens with zero attached hydrogens (tertiary/aromatic N) is 6. The number of hydrogen-bond donors (Lipinski definition) is 4. The van der Waals surface area contributed by atoms with Crippen molar-refractivity contribution in [2.24, 2.45) is 23.5 Å². The summed E-state index contributed by atoms with van der Waals surface area (Å²) in [4.78, 5) is 36.7. The molecule has 1 fully saturated rings. The lowest BCUT2D eigenvalue weighted by molar-refractivity contribution is -0.192. The summed E-state index contributed by atoms with van der Waals surface area (Å²) in [7, 11) is 1.57. The number of halogens is 3. The first-order valence-corrected chi connectivity index (χ1v) is 9.19. The second-order valence-corrected chi connectivity index (χ2v) is 6.45. The Balaban J connectivity index is 0.000000451. The zero-order chi connectivity index (χ0) is 24.1. The van der Waals surface area contributed by atoms with E-state index in [-0.39, 0.29) is 17.5 Å². The highest BCUT2D eigenvalue weighted by molar-refractivity contribution is 5.80. The molecule has 6 N–H and O–H groups in total. The van der Waals surface area contributed by atoms with E-state index in [1.54, 1.807) is 14.0 Å². The van der Waals surface area contributed by atoms with Gasteiger partial charge in [0.15, 0.2) is 17.1 Å². The predicted molar refractivity (Wildman–Crippen MR) is 110 cm³/mol. The lowest BCUT2D eigenvalue weighted by atomic mass is 10.4. The number of fused-ring (bicyclic) bond motifs is 1. The molecule has 3 heterocycles. The average molecular weight is 457 g/mol. The molecular weight excluding hydrogens is 435 g/mol. The number of nitrogens with two attached hydrogens (primary N) is 2. The number of aromatic nitrogens is 4. The number of imidazole rings is 1. The lowest BCUT2D eigenvalue weighted by Gasteiger charge is -2.28. The van der Waals surface area contributed by atoms with Crippen molar-refractivity contribution in [3.63, 3.8) is 0 Å². The van der Waals surface area contributed by atoms with Crippen LogP contribution in [0, 0.1) is 11.8 Å². The van der Waals surface area contributed by atoms with Gasteiger partial charge in [0.2, 0.25) is 11.9 Å². The number of carboxylic acids is 1. The molecule has 1 aliphatic heterocycles. The Bertz CT molecular complexity index is 1130. The van der Waals surface area contributed by atoms with Crippen LogP contribution in [-0.4, -0.2) is 68.5 Å². The maximum Gasteiger partial charge on any atom is 0.490 e. The molecule has 2 aromatic heterocycles. The zero-order valence-corrected chi connectivity index (χ0v) is 17.3. The van der Waals surface area contributed by atoms with E-state index in [4.69, 9.17) is 21.4 Å². The van der Waals surface area contributed by atoms with E-state index in [1.807, 2.05) is 4.57 Å². The minimum Gasteiger partial charge on any atom is -0.475 e. The first-order chi connectivity index (χ1) is 15.0. The Morgan fingerprint density at radius 1 is 1.28 bits per heavy atom. The number of hydrogen-bond acceptors (Lipinski definition) is 7. The summed E-state index contributed by atoms with van der Waals surface area (Å²) in [6.45, 7) is 5.43. The van der Waals surface area contributed by atoms with Crippen molar-refractivity contribution in [2.45, 2.75) is 19.6 Å². The second-order valence-electron chi connectivity index (χ2n) is 6.45. The summed E-state index contributed by atoms with van der Waals surface area (Å²) in [6.07, 6.45) is -5.08. The van der Waals surface area contributed by atoms with Crippen LogP contribution in [0.3, 0.4) is 0 Å². The fourth-order valence-electron chi connectivity index (χ4n) is 2.77. The number of aliphatic imine (C=N–C) groups is 1. The average Bonchev–Trinajstić information content (AvgIpc) is 3.08. The highest BCUT2D eigenvalue weighted by Crippen LogP contribution is 2.21. The molecular formula is C17H22F3N9O3. The molecule has 1 aliphatic rings. The summed E-state index contributed by atoms with van der Waals surface area (Å²) in [5.74, 6) is 3.75. The van der Waals surface area contributed by atoms with E-state index < -0.39 is 12.1 Å². The van der Waals surface area contributed by atoms with Gasteiger partial charge in [-0.3, -0.25) is 13.9 Å². The van der Waals surface area contributed by atoms with E-state index in [9.17, 15) is 18.0 Å². The first-order valence-electron chi connectivity index (χ1n) is 9.19. The number of carboxylic acid groups (broad SMARTS) is 1. The van der Waals surface area contributed by atoms with Crippen LogP contribution in [0.25, 0.3) is 11.2 Å². The van der Waals surface area contributed by atoms with E-state index >= 15 is 0 Å². The number of aliphatic carboxylic acids is 1. The van der Waals surface area contributed by atoms with Gasteiger partial charge in [0.1, 0.15) is 0 Å². The Labute approximate surface area is 179 Å². The molecule has 0 spiro atoms. The van der Waals surface area contributed by atoms with Gasteiger partial charge in [-0.15, -0.1) is 5.92 Å². The van der Waals surface area contributed by atoms with Crippen LogP contribution in [0.2, 0.25) is 0 Å². The molecule has 15 heteroatoms. The van der Waals surface area contributed by atoms with Crippen LogP contribution in [0.15, 0.2) is 9.79 Å². The van der Waals surface area contributed by atoms with Gasteiger partial charge in [-0.1, -0.05) is 5.92 Å². The Hall–Kier alpha value is -3.80. The van der Waals surface area contributed by atoms with Gasteiger partial charge < -0.3 is 26.8 Å². The fraction of sp³-hybridized carbons (Fsp3) is 0.471. The Morgan fingerprint density at radius 3 is 2.38 bits per heavy atom.